The molecular formula is C34H42N8O5S. The van der Waals surface area contributed by atoms with E-state index in [1.807, 2.05) is 19.1 Å². The highest BCUT2D eigenvalue weighted by molar-refractivity contribution is 7.88. The molecule has 254 valence electrons. The van der Waals surface area contributed by atoms with Crippen molar-refractivity contribution in [2.75, 3.05) is 52.2 Å². The number of nitrogens with one attached hydrogen (secondary N) is 4. The number of rotatable bonds is 10. The van der Waals surface area contributed by atoms with Crippen LogP contribution in [0.2, 0.25) is 0 Å². The van der Waals surface area contributed by atoms with Crippen molar-refractivity contribution in [3.05, 3.63) is 65.4 Å². The van der Waals surface area contributed by atoms with Crippen LogP contribution in [0.3, 0.4) is 0 Å². The van der Waals surface area contributed by atoms with E-state index in [-0.39, 0.29) is 30.8 Å². The number of carbonyl (C=O) groups excluding carboxylic acids is 2. The molecule has 0 radical (unpaired) electrons. The van der Waals surface area contributed by atoms with Gasteiger partial charge in [-0.3, -0.25) is 14.5 Å². The van der Waals surface area contributed by atoms with Crippen LogP contribution in [0, 0.1) is 24.2 Å². The predicted molar refractivity (Wildman–Crippen MR) is 180 cm³/mol. The molecule has 14 heteroatoms. The molecule has 3 aromatic rings. The molecule has 0 spiro atoms. The average Bonchev–Trinajstić information content (AvgIpc) is 3.85. The maximum atomic E-state index is 13.2. The van der Waals surface area contributed by atoms with Crippen molar-refractivity contribution in [2.45, 2.75) is 44.4 Å². The number of nitriles is 1. The zero-order valence-corrected chi connectivity index (χ0v) is 28.1. The Morgan fingerprint density at radius 1 is 1.10 bits per heavy atom. The summed E-state index contributed by atoms with van der Waals surface area (Å²) in [7, 11) is -3.58. The van der Waals surface area contributed by atoms with Crippen LogP contribution in [0.1, 0.15) is 34.3 Å². The summed E-state index contributed by atoms with van der Waals surface area (Å²) in [4.78, 5) is 36.4. The van der Waals surface area contributed by atoms with Gasteiger partial charge >= 0.3 is 0 Å². The standard InChI is InChI=1S/C34H42N8O5S/c1-22-13-26(31-19-37-32(40-31)25-5-3-23(4-6-25)20-41-9-11-47-12-10-41)7-8-29(22)33(43)38-18-28-15-27(21-42(28)48(2,45)46)39-34(44)30-14-24(16-35)17-36-30/h3-8,13,19,24,27-28,30,36H,9-12,14-15,17-18,20-21H2,1-2H3,(H,37,40)(H,38,43)(H,39,44)/t24-,27-,28-,30+/m1/s1. The summed E-state index contributed by atoms with van der Waals surface area (Å²) in [5.74, 6) is -0.00769. The largest absolute Gasteiger partial charge is 0.379 e. The Hall–Kier alpha value is -4.13. The van der Waals surface area contributed by atoms with Gasteiger partial charge in [-0.05, 0) is 48.6 Å². The molecule has 4 atom stereocenters. The van der Waals surface area contributed by atoms with Crippen LogP contribution < -0.4 is 16.0 Å². The van der Waals surface area contributed by atoms with E-state index in [9.17, 15) is 18.0 Å². The maximum absolute atomic E-state index is 13.2. The lowest BCUT2D eigenvalue weighted by atomic mass is 10.0. The topological polar surface area (TPSA) is 173 Å². The molecule has 2 aromatic carbocycles. The lowest BCUT2D eigenvalue weighted by Gasteiger charge is -2.26. The predicted octanol–water partition coefficient (Wildman–Crippen LogP) is 1.63. The fourth-order valence-corrected chi connectivity index (χ4v) is 7.86. The molecule has 48 heavy (non-hydrogen) atoms. The molecule has 4 N–H and O–H groups in total. The van der Waals surface area contributed by atoms with E-state index in [0.29, 0.717) is 24.9 Å². The first-order valence-corrected chi connectivity index (χ1v) is 18.2. The third-order valence-electron chi connectivity index (χ3n) is 9.36. The summed E-state index contributed by atoms with van der Waals surface area (Å²) in [6, 6.07) is 14.7. The van der Waals surface area contributed by atoms with Gasteiger partial charge in [0.1, 0.15) is 5.82 Å². The Morgan fingerprint density at radius 3 is 2.54 bits per heavy atom. The molecule has 3 fully saturated rings. The van der Waals surface area contributed by atoms with Gasteiger partial charge in [-0.1, -0.05) is 30.3 Å². The van der Waals surface area contributed by atoms with Crippen LogP contribution in [0.5, 0.6) is 0 Å². The first kappa shape index (κ1) is 33.8. The smallest absolute Gasteiger partial charge is 0.251 e. The monoisotopic (exact) mass is 674 g/mol. The van der Waals surface area contributed by atoms with E-state index in [2.05, 4.69) is 61.2 Å². The van der Waals surface area contributed by atoms with Crippen LogP contribution in [-0.4, -0.2) is 110 Å². The highest BCUT2D eigenvalue weighted by Crippen LogP contribution is 2.26. The summed E-state index contributed by atoms with van der Waals surface area (Å²) in [6.45, 7) is 6.87. The number of nitrogens with zero attached hydrogens (tertiary/aromatic N) is 4. The molecule has 3 aliphatic heterocycles. The Labute approximate surface area is 281 Å². The number of amides is 2. The second kappa shape index (κ2) is 14.6. The quantitative estimate of drug-likeness (QED) is 0.250. The number of hydrogen-bond acceptors (Lipinski definition) is 9. The van der Waals surface area contributed by atoms with Gasteiger partial charge in [-0.15, -0.1) is 0 Å². The number of ether oxygens (including phenoxy) is 1. The van der Waals surface area contributed by atoms with Gasteiger partial charge in [0.05, 0.1) is 49.4 Å². The van der Waals surface area contributed by atoms with E-state index in [4.69, 9.17) is 10.00 Å². The number of aryl methyl sites for hydroxylation is 1. The fraction of sp³-hybridized carbons (Fsp3) is 0.471. The summed E-state index contributed by atoms with van der Waals surface area (Å²) < 4.78 is 31.9. The van der Waals surface area contributed by atoms with E-state index in [1.165, 1.54) is 9.87 Å². The highest BCUT2D eigenvalue weighted by Gasteiger charge is 2.40. The van der Waals surface area contributed by atoms with Crippen molar-refractivity contribution in [1.82, 2.24) is 35.1 Å². The zero-order valence-electron chi connectivity index (χ0n) is 27.2. The number of benzene rings is 2. The molecule has 0 bridgehead atoms. The number of hydrogen-bond donors (Lipinski definition) is 4. The summed E-state index contributed by atoms with van der Waals surface area (Å²) in [5.41, 5.74) is 5.21. The Morgan fingerprint density at radius 2 is 1.85 bits per heavy atom. The molecule has 1 aromatic heterocycles. The van der Waals surface area contributed by atoms with Crippen molar-refractivity contribution >= 4 is 21.8 Å². The van der Waals surface area contributed by atoms with Crippen molar-refractivity contribution in [3.8, 4) is 28.7 Å². The fourth-order valence-electron chi connectivity index (χ4n) is 6.71. The molecule has 0 unspecified atom stereocenters. The minimum absolute atomic E-state index is 0.104. The molecule has 0 aliphatic carbocycles. The molecule has 0 saturated carbocycles. The third kappa shape index (κ3) is 7.94. The average molecular weight is 675 g/mol. The summed E-state index contributed by atoms with van der Waals surface area (Å²) in [5, 5.41) is 18.0. The Balaban J connectivity index is 1.05. The maximum Gasteiger partial charge on any atom is 0.251 e. The van der Waals surface area contributed by atoms with E-state index in [1.54, 1.807) is 12.3 Å². The van der Waals surface area contributed by atoms with Crippen molar-refractivity contribution < 1.29 is 22.7 Å². The molecular weight excluding hydrogens is 632 g/mol. The van der Waals surface area contributed by atoms with Gasteiger partial charge in [-0.25, -0.2) is 13.4 Å². The van der Waals surface area contributed by atoms with Gasteiger partial charge in [0.15, 0.2) is 0 Å². The van der Waals surface area contributed by atoms with Gasteiger partial charge in [-0.2, -0.15) is 9.57 Å². The highest BCUT2D eigenvalue weighted by atomic mass is 32.2. The second-order valence-corrected chi connectivity index (χ2v) is 14.9. The zero-order chi connectivity index (χ0) is 33.8. The number of aromatic amines is 1. The number of sulfonamides is 1. The van der Waals surface area contributed by atoms with Crippen LogP contribution in [0.4, 0.5) is 0 Å². The second-order valence-electron chi connectivity index (χ2n) is 12.9. The molecule has 2 amide bonds. The van der Waals surface area contributed by atoms with Gasteiger partial charge in [0.2, 0.25) is 15.9 Å². The van der Waals surface area contributed by atoms with Crippen LogP contribution in [-0.2, 0) is 26.1 Å². The molecule has 4 heterocycles. The van der Waals surface area contributed by atoms with Crippen molar-refractivity contribution in [3.63, 3.8) is 0 Å². The van der Waals surface area contributed by atoms with E-state index < -0.39 is 28.1 Å². The van der Waals surface area contributed by atoms with Crippen molar-refractivity contribution in [2.24, 2.45) is 5.92 Å². The number of imidazole rings is 1. The molecule has 3 saturated heterocycles. The molecule has 13 nitrogen and oxygen atoms in total. The SMILES string of the molecule is Cc1cc(-c2cnc(-c3ccc(CN4CCOCC4)cc3)[nH]2)ccc1C(=O)NC[C@H]1C[C@@H](NC(=O)[C@@H]2C[C@H](C#N)CN2)CN1S(C)(=O)=O. The summed E-state index contributed by atoms with van der Waals surface area (Å²) in [6.07, 6.45) is 3.71. The Kier molecular flexibility index (Phi) is 10.2. The first-order valence-electron chi connectivity index (χ1n) is 16.3. The molecule has 6 rings (SSSR count). The normalized spacial score (nSPS) is 23.5. The lowest BCUT2D eigenvalue weighted by Crippen LogP contribution is -2.46. The van der Waals surface area contributed by atoms with Crippen molar-refractivity contribution in [1.29, 1.82) is 5.26 Å². The minimum atomic E-state index is -3.58. The van der Waals surface area contributed by atoms with E-state index >= 15 is 0 Å². The van der Waals surface area contributed by atoms with E-state index in [0.717, 1.165) is 67.3 Å². The van der Waals surface area contributed by atoms with Crippen LogP contribution >= 0.6 is 0 Å². The molecule has 3 aliphatic rings. The third-order valence-corrected chi connectivity index (χ3v) is 10.7. The van der Waals surface area contributed by atoms with Gasteiger partial charge < -0.3 is 25.7 Å². The summed E-state index contributed by atoms with van der Waals surface area (Å²) >= 11 is 0. The lowest BCUT2D eigenvalue weighted by molar-refractivity contribution is -0.123. The van der Waals surface area contributed by atoms with Crippen LogP contribution in [0.25, 0.3) is 22.6 Å². The number of morpholine rings is 1. The van der Waals surface area contributed by atoms with Gasteiger partial charge in [0, 0.05) is 62.5 Å². The Bertz CT molecular complexity index is 1780. The number of aromatic nitrogens is 2. The first-order chi connectivity index (χ1) is 23.1. The van der Waals surface area contributed by atoms with Gasteiger partial charge in [0.25, 0.3) is 5.91 Å². The minimum Gasteiger partial charge on any atom is -0.379 e. The number of carbonyl (C=O) groups is 2. The van der Waals surface area contributed by atoms with Crippen LogP contribution in [0.15, 0.2) is 48.7 Å². The number of H-pyrrole nitrogens is 1.